The highest BCUT2D eigenvalue weighted by molar-refractivity contribution is 5.95. The highest BCUT2D eigenvalue weighted by Gasteiger charge is 2.18. The molecule has 0 N–H and O–H groups in total. The van der Waals surface area contributed by atoms with Gasteiger partial charge in [0.1, 0.15) is 6.54 Å². The molecule has 102 valence electrons. The lowest BCUT2D eigenvalue weighted by molar-refractivity contribution is 0.0811. The van der Waals surface area contributed by atoms with Crippen molar-refractivity contribution in [1.82, 2.24) is 4.90 Å². The Bertz CT molecular complexity index is 483. The molecule has 6 nitrogen and oxygen atoms in total. The Labute approximate surface area is 112 Å². The van der Waals surface area contributed by atoms with Crippen LogP contribution in [-0.2, 0) is 0 Å². The van der Waals surface area contributed by atoms with Gasteiger partial charge in [-0.25, -0.2) is 0 Å². The van der Waals surface area contributed by atoms with E-state index in [0.29, 0.717) is 22.8 Å². The van der Waals surface area contributed by atoms with Gasteiger partial charge in [0.2, 0.25) is 5.75 Å². The molecule has 0 unspecified atom stereocenters. The zero-order chi connectivity index (χ0) is 14.4. The fourth-order valence-electron chi connectivity index (χ4n) is 1.60. The smallest absolute Gasteiger partial charge is 0.254 e. The van der Waals surface area contributed by atoms with Crippen LogP contribution in [0.4, 0.5) is 0 Å². The van der Waals surface area contributed by atoms with Crippen LogP contribution in [0.3, 0.4) is 0 Å². The van der Waals surface area contributed by atoms with Crippen molar-refractivity contribution < 1.29 is 19.0 Å². The Morgan fingerprint density at radius 1 is 1.21 bits per heavy atom. The van der Waals surface area contributed by atoms with E-state index >= 15 is 0 Å². The van der Waals surface area contributed by atoms with E-state index in [0.717, 1.165) is 0 Å². The van der Waals surface area contributed by atoms with Crippen molar-refractivity contribution in [2.45, 2.75) is 0 Å². The molecule has 1 rings (SSSR count). The molecule has 0 heterocycles. The molecule has 1 aromatic rings. The third-order valence-corrected chi connectivity index (χ3v) is 2.57. The van der Waals surface area contributed by atoms with Crippen LogP contribution >= 0.6 is 0 Å². The van der Waals surface area contributed by atoms with Gasteiger partial charge in [-0.2, -0.15) is 5.26 Å². The first-order chi connectivity index (χ1) is 9.08. The predicted molar refractivity (Wildman–Crippen MR) is 68.7 cm³/mol. The maximum Gasteiger partial charge on any atom is 0.254 e. The van der Waals surface area contributed by atoms with Crippen LogP contribution in [0.2, 0.25) is 0 Å². The van der Waals surface area contributed by atoms with E-state index in [-0.39, 0.29) is 12.5 Å². The molecular weight excluding hydrogens is 248 g/mol. The molecule has 0 atom stereocenters. The summed E-state index contributed by atoms with van der Waals surface area (Å²) < 4.78 is 15.5. The van der Waals surface area contributed by atoms with Crippen LogP contribution in [0.5, 0.6) is 17.2 Å². The third-order valence-electron chi connectivity index (χ3n) is 2.57. The van der Waals surface area contributed by atoms with Crippen molar-refractivity contribution in [3.8, 4) is 23.3 Å². The molecule has 6 heteroatoms. The highest BCUT2D eigenvalue weighted by Crippen LogP contribution is 2.38. The van der Waals surface area contributed by atoms with E-state index < -0.39 is 0 Å². The number of nitrogens with zero attached hydrogens (tertiary/aromatic N) is 2. The summed E-state index contributed by atoms with van der Waals surface area (Å²) in [5, 5.41) is 8.60. The Morgan fingerprint density at radius 3 is 2.11 bits per heavy atom. The van der Waals surface area contributed by atoms with Crippen LogP contribution < -0.4 is 14.2 Å². The van der Waals surface area contributed by atoms with Gasteiger partial charge in [0, 0.05) is 12.6 Å². The molecule has 0 bridgehead atoms. The number of hydrogen-bond donors (Lipinski definition) is 0. The molecule has 0 aliphatic heterocycles. The fraction of sp³-hybridized carbons (Fsp3) is 0.385. The minimum Gasteiger partial charge on any atom is -0.493 e. The number of carbonyl (C=O) groups excluding carboxylic acids is 1. The predicted octanol–water partition coefficient (Wildman–Crippen LogP) is 1.31. The first kappa shape index (κ1) is 14.6. The lowest BCUT2D eigenvalue weighted by Gasteiger charge is -2.17. The van der Waals surface area contributed by atoms with Crippen molar-refractivity contribution in [2.75, 3.05) is 34.9 Å². The van der Waals surface area contributed by atoms with Gasteiger partial charge in [-0.05, 0) is 12.1 Å². The van der Waals surface area contributed by atoms with Gasteiger partial charge in [-0.3, -0.25) is 4.79 Å². The maximum absolute atomic E-state index is 12.1. The second kappa shape index (κ2) is 6.50. The highest BCUT2D eigenvalue weighted by atomic mass is 16.5. The van der Waals surface area contributed by atoms with Crippen LogP contribution in [0, 0.1) is 11.3 Å². The van der Waals surface area contributed by atoms with Crippen LogP contribution in [0.15, 0.2) is 12.1 Å². The molecule has 0 aliphatic carbocycles. The average Bonchev–Trinajstić information content (AvgIpc) is 2.44. The van der Waals surface area contributed by atoms with E-state index in [9.17, 15) is 4.79 Å². The first-order valence-electron chi connectivity index (χ1n) is 5.51. The molecule has 1 aromatic carbocycles. The molecule has 1 amide bonds. The van der Waals surface area contributed by atoms with Crippen molar-refractivity contribution in [1.29, 1.82) is 5.26 Å². The molecule has 0 saturated carbocycles. The zero-order valence-corrected chi connectivity index (χ0v) is 11.4. The summed E-state index contributed by atoms with van der Waals surface area (Å²) in [6.07, 6.45) is 0. The number of ether oxygens (including phenoxy) is 3. The number of hydrogen-bond acceptors (Lipinski definition) is 5. The number of amides is 1. The van der Waals surface area contributed by atoms with E-state index in [1.54, 1.807) is 19.2 Å². The van der Waals surface area contributed by atoms with Gasteiger partial charge >= 0.3 is 0 Å². The van der Waals surface area contributed by atoms with Gasteiger partial charge < -0.3 is 19.1 Å². The van der Waals surface area contributed by atoms with E-state index in [4.69, 9.17) is 19.5 Å². The summed E-state index contributed by atoms with van der Waals surface area (Å²) in [4.78, 5) is 13.4. The molecule has 0 saturated heterocycles. The third kappa shape index (κ3) is 3.07. The lowest BCUT2D eigenvalue weighted by atomic mass is 10.1. The number of benzene rings is 1. The fourth-order valence-corrected chi connectivity index (χ4v) is 1.60. The Morgan fingerprint density at radius 2 is 1.74 bits per heavy atom. The quantitative estimate of drug-likeness (QED) is 0.750. The molecule has 19 heavy (non-hydrogen) atoms. The molecule has 0 aliphatic rings. The largest absolute Gasteiger partial charge is 0.493 e. The lowest BCUT2D eigenvalue weighted by Crippen LogP contribution is -2.27. The first-order valence-corrected chi connectivity index (χ1v) is 5.51. The van der Waals surface area contributed by atoms with E-state index in [1.165, 1.54) is 26.2 Å². The van der Waals surface area contributed by atoms with Crippen molar-refractivity contribution in [3.63, 3.8) is 0 Å². The molecular formula is C13H16N2O4. The van der Waals surface area contributed by atoms with Crippen molar-refractivity contribution >= 4 is 5.91 Å². The van der Waals surface area contributed by atoms with Gasteiger partial charge in [0.15, 0.2) is 11.5 Å². The van der Waals surface area contributed by atoms with Crippen LogP contribution in [0.1, 0.15) is 10.4 Å². The second-order valence-corrected chi connectivity index (χ2v) is 3.73. The zero-order valence-electron chi connectivity index (χ0n) is 11.4. The molecule has 0 spiro atoms. The van der Waals surface area contributed by atoms with Crippen LogP contribution in [0.25, 0.3) is 0 Å². The average molecular weight is 264 g/mol. The number of rotatable bonds is 5. The van der Waals surface area contributed by atoms with Gasteiger partial charge in [-0.1, -0.05) is 0 Å². The molecule has 0 fully saturated rings. The minimum absolute atomic E-state index is 0.00942. The summed E-state index contributed by atoms with van der Waals surface area (Å²) in [6.45, 7) is 0.00942. The van der Waals surface area contributed by atoms with E-state index in [1.807, 2.05) is 6.07 Å². The van der Waals surface area contributed by atoms with Crippen molar-refractivity contribution in [3.05, 3.63) is 17.7 Å². The topological polar surface area (TPSA) is 71.8 Å². The van der Waals surface area contributed by atoms with Crippen molar-refractivity contribution in [2.24, 2.45) is 0 Å². The number of methoxy groups -OCH3 is 3. The number of nitriles is 1. The summed E-state index contributed by atoms with van der Waals surface area (Å²) in [7, 11) is 5.99. The SMILES string of the molecule is COc1cc(C(=O)N(C)CC#N)cc(OC)c1OC. The summed E-state index contributed by atoms with van der Waals surface area (Å²) in [5.41, 5.74) is 0.368. The van der Waals surface area contributed by atoms with Gasteiger partial charge in [0.25, 0.3) is 5.91 Å². The Kier molecular flexibility index (Phi) is 5.01. The van der Waals surface area contributed by atoms with Crippen LogP contribution in [-0.4, -0.2) is 45.7 Å². The monoisotopic (exact) mass is 264 g/mol. The minimum atomic E-state index is -0.291. The summed E-state index contributed by atoms with van der Waals surface area (Å²) in [6, 6.07) is 5.02. The maximum atomic E-state index is 12.1. The van der Waals surface area contributed by atoms with Gasteiger partial charge in [-0.15, -0.1) is 0 Å². The summed E-state index contributed by atoms with van der Waals surface area (Å²) in [5.74, 6) is 0.927. The standard InChI is InChI=1S/C13H16N2O4/c1-15(6-5-14)13(16)9-7-10(17-2)12(19-4)11(8-9)18-3/h7-8H,6H2,1-4H3. The molecule has 0 aromatic heterocycles. The second-order valence-electron chi connectivity index (χ2n) is 3.73. The Hall–Kier alpha value is -2.42. The van der Waals surface area contributed by atoms with Gasteiger partial charge in [0.05, 0.1) is 27.4 Å². The number of carbonyl (C=O) groups is 1. The molecule has 0 radical (unpaired) electrons. The summed E-state index contributed by atoms with van der Waals surface area (Å²) >= 11 is 0. The normalized spacial score (nSPS) is 9.42. The van der Waals surface area contributed by atoms with E-state index in [2.05, 4.69) is 0 Å². The Balaban J connectivity index is 3.23.